The number of amides is 1. The van der Waals surface area contributed by atoms with Crippen molar-refractivity contribution in [1.82, 2.24) is 5.32 Å². The lowest BCUT2D eigenvalue weighted by Gasteiger charge is -2.15. The lowest BCUT2D eigenvalue weighted by Crippen LogP contribution is -2.36. The molecule has 0 spiro atoms. The van der Waals surface area contributed by atoms with Crippen LogP contribution in [-0.4, -0.2) is 18.6 Å². The first-order chi connectivity index (χ1) is 9.17. The SMILES string of the molecule is CCCCCNC(=O)C(C)Oc1cccc(CN)c1. The molecule has 106 valence electrons. The molecule has 0 aliphatic rings. The lowest BCUT2D eigenvalue weighted by atomic mass is 10.2. The molecule has 1 amide bonds. The summed E-state index contributed by atoms with van der Waals surface area (Å²) in [5, 5.41) is 2.88. The molecule has 0 aliphatic heterocycles. The van der Waals surface area contributed by atoms with Gasteiger partial charge in [0.15, 0.2) is 6.10 Å². The Bertz CT molecular complexity index is 393. The van der Waals surface area contributed by atoms with Gasteiger partial charge < -0.3 is 15.8 Å². The minimum atomic E-state index is -0.491. The molecule has 0 fully saturated rings. The molecule has 19 heavy (non-hydrogen) atoms. The Morgan fingerprint density at radius 3 is 2.89 bits per heavy atom. The Kier molecular flexibility index (Phi) is 6.97. The zero-order chi connectivity index (χ0) is 14.1. The smallest absolute Gasteiger partial charge is 0.260 e. The third kappa shape index (κ3) is 5.75. The average molecular weight is 264 g/mol. The van der Waals surface area contributed by atoms with Gasteiger partial charge in [0.25, 0.3) is 5.91 Å². The van der Waals surface area contributed by atoms with Crippen LogP contribution >= 0.6 is 0 Å². The van der Waals surface area contributed by atoms with Crippen LogP contribution in [0.5, 0.6) is 5.75 Å². The number of hydrogen-bond acceptors (Lipinski definition) is 3. The Morgan fingerprint density at radius 2 is 2.21 bits per heavy atom. The van der Waals surface area contributed by atoms with E-state index in [4.69, 9.17) is 10.5 Å². The van der Waals surface area contributed by atoms with Crippen LogP contribution < -0.4 is 15.8 Å². The monoisotopic (exact) mass is 264 g/mol. The van der Waals surface area contributed by atoms with Crippen molar-refractivity contribution in [3.8, 4) is 5.75 Å². The molecule has 0 aliphatic carbocycles. The predicted molar refractivity (Wildman–Crippen MR) is 77.0 cm³/mol. The lowest BCUT2D eigenvalue weighted by molar-refractivity contribution is -0.127. The molecule has 4 heteroatoms. The Hall–Kier alpha value is -1.55. The summed E-state index contributed by atoms with van der Waals surface area (Å²) in [5.41, 5.74) is 6.56. The molecular formula is C15H24N2O2. The summed E-state index contributed by atoms with van der Waals surface area (Å²) in [6.07, 6.45) is 2.80. The van der Waals surface area contributed by atoms with Crippen molar-refractivity contribution < 1.29 is 9.53 Å². The third-order valence-electron chi connectivity index (χ3n) is 2.90. The van der Waals surface area contributed by atoms with Crippen LogP contribution in [0.1, 0.15) is 38.7 Å². The maximum absolute atomic E-state index is 11.8. The first-order valence-corrected chi connectivity index (χ1v) is 6.90. The van der Waals surface area contributed by atoms with E-state index in [9.17, 15) is 4.79 Å². The van der Waals surface area contributed by atoms with E-state index in [0.717, 1.165) is 24.8 Å². The van der Waals surface area contributed by atoms with Crippen molar-refractivity contribution in [2.45, 2.75) is 45.8 Å². The molecule has 3 N–H and O–H groups in total. The number of unbranched alkanes of at least 4 members (excludes halogenated alkanes) is 2. The van der Waals surface area contributed by atoms with E-state index in [0.29, 0.717) is 18.8 Å². The Morgan fingerprint density at radius 1 is 1.42 bits per heavy atom. The highest BCUT2D eigenvalue weighted by Gasteiger charge is 2.13. The van der Waals surface area contributed by atoms with Gasteiger partial charge in [0.2, 0.25) is 0 Å². The predicted octanol–water partition coefficient (Wildman–Crippen LogP) is 2.22. The number of carbonyl (C=O) groups is 1. The number of nitrogens with one attached hydrogen (secondary N) is 1. The fourth-order valence-corrected chi connectivity index (χ4v) is 1.73. The molecule has 1 atom stereocenters. The first kappa shape index (κ1) is 15.5. The van der Waals surface area contributed by atoms with Crippen molar-refractivity contribution in [1.29, 1.82) is 0 Å². The average Bonchev–Trinajstić information content (AvgIpc) is 2.43. The highest BCUT2D eigenvalue weighted by molar-refractivity contribution is 5.80. The molecule has 1 aromatic carbocycles. The van der Waals surface area contributed by atoms with Gasteiger partial charge in [-0.05, 0) is 31.0 Å². The van der Waals surface area contributed by atoms with Gasteiger partial charge in [-0.25, -0.2) is 0 Å². The zero-order valence-corrected chi connectivity index (χ0v) is 11.8. The number of rotatable bonds is 8. The highest BCUT2D eigenvalue weighted by Crippen LogP contribution is 2.14. The van der Waals surface area contributed by atoms with Crippen LogP contribution in [0.25, 0.3) is 0 Å². The van der Waals surface area contributed by atoms with E-state index in [1.54, 1.807) is 6.92 Å². The fourth-order valence-electron chi connectivity index (χ4n) is 1.73. The number of hydrogen-bond donors (Lipinski definition) is 2. The van der Waals surface area contributed by atoms with Crippen LogP contribution in [0, 0.1) is 0 Å². The van der Waals surface area contributed by atoms with Gasteiger partial charge in [0.1, 0.15) is 5.75 Å². The highest BCUT2D eigenvalue weighted by atomic mass is 16.5. The van der Waals surface area contributed by atoms with Crippen LogP contribution in [0.15, 0.2) is 24.3 Å². The van der Waals surface area contributed by atoms with Crippen molar-refractivity contribution in [3.05, 3.63) is 29.8 Å². The second-order valence-corrected chi connectivity index (χ2v) is 4.61. The molecule has 0 saturated carbocycles. The largest absolute Gasteiger partial charge is 0.481 e. The zero-order valence-electron chi connectivity index (χ0n) is 11.8. The summed E-state index contributed by atoms with van der Waals surface area (Å²) >= 11 is 0. The Labute approximate surface area is 115 Å². The van der Waals surface area contributed by atoms with Crippen molar-refractivity contribution in [2.75, 3.05) is 6.54 Å². The van der Waals surface area contributed by atoms with Gasteiger partial charge in [-0.3, -0.25) is 4.79 Å². The second-order valence-electron chi connectivity index (χ2n) is 4.61. The molecule has 0 radical (unpaired) electrons. The molecule has 1 aromatic rings. The normalized spacial score (nSPS) is 11.9. The van der Waals surface area contributed by atoms with Gasteiger partial charge in [-0.15, -0.1) is 0 Å². The summed E-state index contributed by atoms with van der Waals surface area (Å²) in [6.45, 7) is 5.07. The summed E-state index contributed by atoms with van der Waals surface area (Å²) in [7, 11) is 0. The maximum atomic E-state index is 11.8. The quantitative estimate of drug-likeness (QED) is 0.708. The van der Waals surface area contributed by atoms with Crippen molar-refractivity contribution >= 4 is 5.91 Å². The summed E-state index contributed by atoms with van der Waals surface area (Å²) in [5.74, 6) is 0.605. The molecule has 0 heterocycles. The van der Waals surface area contributed by atoms with E-state index in [2.05, 4.69) is 12.2 Å². The molecule has 1 unspecified atom stereocenters. The molecule has 0 bridgehead atoms. The van der Waals surface area contributed by atoms with Gasteiger partial charge in [0.05, 0.1) is 0 Å². The van der Waals surface area contributed by atoms with E-state index < -0.39 is 6.10 Å². The fraction of sp³-hybridized carbons (Fsp3) is 0.533. The van der Waals surface area contributed by atoms with Crippen LogP contribution in [0.3, 0.4) is 0 Å². The molecular weight excluding hydrogens is 240 g/mol. The summed E-state index contributed by atoms with van der Waals surface area (Å²) in [6, 6.07) is 7.51. The van der Waals surface area contributed by atoms with Gasteiger partial charge in [-0.2, -0.15) is 0 Å². The molecule has 1 rings (SSSR count). The molecule has 4 nitrogen and oxygen atoms in total. The van der Waals surface area contributed by atoms with Crippen LogP contribution in [-0.2, 0) is 11.3 Å². The number of benzene rings is 1. The minimum absolute atomic E-state index is 0.0748. The van der Waals surface area contributed by atoms with Crippen LogP contribution in [0.2, 0.25) is 0 Å². The summed E-state index contributed by atoms with van der Waals surface area (Å²) < 4.78 is 5.61. The van der Waals surface area contributed by atoms with E-state index >= 15 is 0 Å². The number of ether oxygens (including phenoxy) is 1. The van der Waals surface area contributed by atoms with Crippen molar-refractivity contribution in [3.63, 3.8) is 0 Å². The van der Waals surface area contributed by atoms with Crippen LogP contribution in [0.4, 0.5) is 0 Å². The standard InChI is InChI=1S/C15H24N2O2/c1-3-4-5-9-17-15(18)12(2)19-14-8-6-7-13(10-14)11-16/h6-8,10,12H,3-5,9,11,16H2,1-2H3,(H,17,18). The Balaban J connectivity index is 2.40. The van der Waals surface area contributed by atoms with Gasteiger partial charge in [0, 0.05) is 13.1 Å². The maximum Gasteiger partial charge on any atom is 0.260 e. The topological polar surface area (TPSA) is 64.3 Å². The second kappa shape index (κ2) is 8.53. The first-order valence-electron chi connectivity index (χ1n) is 6.90. The third-order valence-corrected chi connectivity index (χ3v) is 2.90. The number of carbonyl (C=O) groups excluding carboxylic acids is 1. The number of nitrogens with two attached hydrogens (primary N) is 1. The van der Waals surface area contributed by atoms with Gasteiger partial charge in [-0.1, -0.05) is 31.9 Å². The van der Waals surface area contributed by atoms with Gasteiger partial charge >= 0.3 is 0 Å². The van der Waals surface area contributed by atoms with E-state index in [-0.39, 0.29) is 5.91 Å². The molecule has 0 aromatic heterocycles. The van der Waals surface area contributed by atoms with E-state index in [1.165, 1.54) is 0 Å². The minimum Gasteiger partial charge on any atom is -0.481 e. The van der Waals surface area contributed by atoms with E-state index in [1.807, 2.05) is 24.3 Å². The summed E-state index contributed by atoms with van der Waals surface area (Å²) in [4.78, 5) is 11.8. The van der Waals surface area contributed by atoms with Crippen molar-refractivity contribution in [2.24, 2.45) is 5.73 Å². The molecule has 0 saturated heterocycles.